The summed E-state index contributed by atoms with van der Waals surface area (Å²) in [5.41, 5.74) is 8.71. The van der Waals surface area contributed by atoms with Crippen molar-refractivity contribution in [3.05, 3.63) is 59.3 Å². The molecule has 0 bridgehead atoms. The number of amides is 1. The summed E-state index contributed by atoms with van der Waals surface area (Å²) in [6.07, 6.45) is 4.99. The van der Waals surface area contributed by atoms with Crippen molar-refractivity contribution in [1.29, 1.82) is 0 Å². The highest BCUT2D eigenvalue weighted by atomic mass is 35.5. The fraction of sp³-hybridized carbons (Fsp3) is 0.375. The van der Waals surface area contributed by atoms with E-state index in [0.29, 0.717) is 17.7 Å². The summed E-state index contributed by atoms with van der Waals surface area (Å²) in [7, 11) is 3.14. The maximum Gasteiger partial charge on any atom is 0.258 e. The molecule has 1 aliphatic carbocycles. The third kappa shape index (κ3) is 3.35. The largest absolute Gasteiger partial charge is 0.398 e. The fourth-order valence-corrected chi connectivity index (χ4v) is 5.70. The first-order chi connectivity index (χ1) is 15.7. The number of fused-ring (bicyclic) bond motifs is 2. The summed E-state index contributed by atoms with van der Waals surface area (Å²) in [6, 6.07) is 7.19. The van der Waals surface area contributed by atoms with Crippen LogP contribution in [0.4, 0.5) is 15.9 Å². The average Bonchev–Trinajstić information content (AvgIpc) is 3.45. The summed E-state index contributed by atoms with van der Waals surface area (Å²) in [4.78, 5) is 18.4. The fourth-order valence-electron chi connectivity index (χ4n) is 5.21. The highest BCUT2D eigenvalue weighted by Gasteiger charge is 2.51. The predicted octanol–water partition coefficient (Wildman–Crippen LogP) is 3.98. The number of benzene rings is 1. The number of rotatable bonds is 3. The van der Waals surface area contributed by atoms with Crippen LogP contribution in [-0.4, -0.2) is 51.6 Å². The second-order valence-corrected chi connectivity index (χ2v) is 9.81. The normalized spacial score (nSPS) is 23.5. The second-order valence-electron chi connectivity index (χ2n) is 9.25. The Hall–Kier alpha value is -3.13. The van der Waals surface area contributed by atoms with E-state index in [9.17, 15) is 4.79 Å². The Balaban J connectivity index is 1.56. The van der Waals surface area contributed by atoms with Gasteiger partial charge in [-0.1, -0.05) is 0 Å². The second kappa shape index (κ2) is 7.73. The number of anilines is 2. The quantitative estimate of drug-likeness (QED) is 0.448. The molecule has 3 aromatic rings. The molecule has 1 fully saturated rings. The van der Waals surface area contributed by atoms with Crippen LogP contribution in [0.2, 0.25) is 0 Å². The molecule has 3 atom stereocenters. The third-order valence-corrected chi connectivity index (χ3v) is 7.39. The van der Waals surface area contributed by atoms with E-state index < -0.39 is 11.7 Å². The molecule has 3 heterocycles. The molecule has 9 heteroatoms. The summed E-state index contributed by atoms with van der Waals surface area (Å²) in [5, 5.41) is 7.80. The van der Waals surface area contributed by atoms with Crippen LogP contribution in [-0.2, 0) is 5.41 Å². The summed E-state index contributed by atoms with van der Waals surface area (Å²) in [5.74, 6) is -0.319. The van der Waals surface area contributed by atoms with Gasteiger partial charge < -0.3 is 16.0 Å². The van der Waals surface area contributed by atoms with Crippen LogP contribution in [0.5, 0.6) is 0 Å². The molecule has 0 saturated heterocycles. The Morgan fingerprint density at radius 3 is 2.82 bits per heavy atom. The first kappa shape index (κ1) is 21.7. The number of carbonyl (C=O) groups excluding carboxylic acids is 1. The number of aromatic nitrogens is 3. The van der Waals surface area contributed by atoms with Gasteiger partial charge in [0.05, 0.1) is 17.0 Å². The molecule has 7 nitrogen and oxygen atoms in total. The molecule has 5 rings (SSSR count). The minimum atomic E-state index is -0.637. The van der Waals surface area contributed by atoms with Gasteiger partial charge in [-0.3, -0.25) is 9.48 Å². The maximum atomic E-state index is 15.5. The summed E-state index contributed by atoms with van der Waals surface area (Å²) < 4.78 is 17.5. The Kier molecular flexibility index (Phi) is 5.08. The minimum Gasteiger partial charge on any atom is -0.398 e. The predicted molar refractivity (Wildman–Crippen MR) is 127 cm³/mol. The lowest BCUT2D eigenvalue weighted by Gasteiger charge is -2.24. The van der Waals surface area contributed by atoms with E-state index in [-0.39, 0.29) is 28.1 Å². The third-order valence-electron chi connectivity index (χ3n) is 6.94. The van der Waals surface area contributed by atoms with Crippen molar-refractivity contribution in [2.45, 2.75) is 36.6 Å². The van der Waals surface area contributed by atoms with Crippen molar-refractivity contribution in [2.75, 3.05) is 31.7 Å². The molecule has 1 unspecified atom stereocenters. The van der Waals surface area contributed by atoms with Gasteiger partial charge in [0, 0.05) is 66.5 Å². The highest BCUT2D eigenvalue weighted by Crippen LogP contribution is 2.53. The molecule has 3 N–H and O–H groups in total. The number of hydrogen-bond donors (Lipinski definition) is 2. The van der Waals surface area contributed by atoms with Crippen molar-refractivity contribution in [3.8, 4) is 11.1 Å². The van der Waals surface area contributed by atoms with Gasteiger partial charge in [-0.2, -0.15) is 5.10 Å². The van der Waals surface area contributed by atoms with Gasteiger partial charge in [0.15, 0.2) is 0 Å². The first-order valence-electron chi connectivity index (χ1n) is 10.9. The van der Waals surface area contributed by atoms with E-state index in [1.165, 1.54) is 4.90 Å². The number of nitrogens with two attached hydrogens (primary N) is 1. The first-order valence-corrected chi connectivity index (χ1v) is 11.3. The number of alkyl halides is 1. The summed E-state index contributed by atoms with van der Waals surface area (Å²) >= 11 is 6.84. The molecule has 172 valence electrons. The average molecular weight is 469 g/mol. The number of hydrogen-bond acceptors (Lipinski definition) is 5. The lowest BCUT2D eigenvalue weighted by molar-refractivity contribution is 0.0824. The van der Waals surface area contributed by atoms with E-state index in [1.54, 1.807) is 38.6 Å². The number of carbonyl (C=O) groups is 1. The van der Waals surface area contributed by atoms with Crippen molar-refractivity contribution >= 4 is 29.0 Å². The van der Waals surface area contributed by atoms with Crippen LogP contribution in [0.3, 0.4) is 0 Å². The van der Waals surface area contributed by atoms with E-state index >= 15 is 4.39 Å². The van der Waals surface area contributed by atoms with Crippen LogP contribution in [0.15, 0.2) is 36.7 Å². The molecule has 1 amide bonds. The van der Waals surface area contributed by atoms with E-state index in [1.807, 2.05) is 23.7 Å². The van der Waals surface area contributed by atoms with Crippen molar-refractivity contribution < 1.29 is 9.18 Å². The van der Waals surface area contributed by atoms with Crippen LogP contribution < -0.4 is 11.1 Å². The van der Waals surface area contributed by atoms with Crippen LogP contribution in [0, 0.1) is 12.7 Å². The molecule has 33 heavy (non-hydrogen) atoms. The molecule has 1 aliphatic heterocycles. The number of nitrogens with one attached hydrogen (secondary N) is 1. The van der Waals surface area contributed by atoms with Gasteiger partial charge in [0.1, 0.15) is 11.6 Å². The monoisotopic (exact) mass is 468 g/mol. The minimum absolute atomic E-state index is 0.0654. The summed E-state index contributed by atoms with van der Waals surface area (Å²) in [6.45, 7) is 2.74. The molecular formula is C24H26ClFN6O. The van der Waals surface area contributed by atoms with E-state index in [0.717, 1.165) is 29.9 Å². The van der Waals surface area contributed by atoms with Gasteiger partial charge in [-0.05, 0) is 44.0 Å². The Morgan fingerprint density at radius 1 is 1.33 bits per heavy atom. The molecular weight excluding hydrogens is 443 g/mol. The molecule has 2 aliphatic rings. The zero-order chi connectivity index (χ0) is 23.5. The topological polar surface area (TPSA) is 89.1 Å². The molecule has 1 aromatic carbocycles. The lowest BCUT2D eigenvalue weighted by Crippen LogP contribution is -2.26. The van der Waals surface area contributed by atoms with E-state index in [2.05, 4.69) is 15.4 Å². The van der Waals surface area contributed by atoms with Gasteiger partial charge in [-0.25, -0.2) is 9.37 Å². The van der Waals surface area contributed by atoms with Gasteiger partial charge >= 0.3 is 0 Å². The number of halogens is 2. The SMILES string of the molecule is Cc1ccnn1[C@@H]1C[C@@]2(CNc3ncc(-c4ccc(N)c(C(=O)N(C)C)c4F)cc32)CC1Cl. The van der Waals surface area contributed by atoms with Crippen LogP contribution >= 0.6 is 11.6 Å². The molecule has 0 radical (unpaired) electrons. The number of nitrogens with zero attached hydrogens (tertiary/aromatic N) is 4. The molecule has 1 saturated carbocycles. The number of nitrogen functional groups attached to an aromatic ring is 1. The Morgan fingerprint density at radius 2 is 2.12 bits per heavy atom. The zero-order valence-electron chi connectivity index (χ0n) is 18.8. The van der Waals surface area contributed by atoms with Crippen molar-refractivity contribution in [3.63, 3.8) is 0 Å². The Bertz CT molecular complexity index is 1260. The number of aryl methyl sites for hydroxylation is 1. The van der Waals surface area contributed by atoms with Crippen LogP contribution in [0.1, 0.15) is 40.5 Å². The van der Waals surface area contributed by atoms with Crippen LogP contribution in [0.25, 0.3) is 11.1 Å². The maximum absolute atomic E-state index is 15.5. The molecule has 2 aromatic heterocycles. The van der Waals surface area contributed by atoms with Crippen molar-refractivity contribution in [2.24, 2.45) is 0 Å². The highest BCUT2D eigenvalue weighted by molar-refractivity contribution is 6.21. The zero-order valence-corrected chi connectivity index (χ0v) is 19.5. The van der Waals surface area contributed by atoms with Gasteiger partial charge in [-0.15, -0.1) is 11.6 Å². The van der Waals surface area contributed by atoms with Crippen molar-refractivity contribution in [1.82, 2.24) is 19.7 Å². The Labute approximate surface area is 196 Å². The van der Waals surface area contributed by atoms with Gasteiger partial charge in [0.2, 0.25) is 0 Å². The smallest absolute Gasteiger partial charge is 0.258 e. The van der Waals surface area contributed by atoms with E-state index in [4.69, 9.17) is 17.3 Å². The number of pyridine rings is 1. The molecule has 1 spiro atoms. The lowest BCUT2D eigenvalue weighted by atomic mass is 9.80. The standard InChI is InChI=1S/C24H26ClFN6O/c1-13-6-7-30-32(13)19-10-24(9-17(19)25)12-29-22-16(24)8-14(11-28-22)15-4-5-18(27)20(21(15)26)23(33)31(2)3/h4-8,11,17,19H,9-10,12,27H2,1-3H3,(H,28,29)/t17?,19-,24-/m1/s1. The van der Waals surface area contributed by atoms with Gasteiger partial charge in [0.25, 0.3) is 5.91 Å².